The molecule has 2 bridgehead atoms. The first kappa shape index (κ1) is 58.8. The van der Waals surface area contributed by atoms with Gasteiger partial charge in [-0.25, -0.2) is 30.3 Å². The van der Waals surface area contributed by atoms with Gasteiger partial charge in [0.25, 0.3) is 25.8 Å². The molecule has 23 heteroatoms. The van der Waals surface area contributed by atoms with Gasteiger partial charge >= 0.3 is 11.5 Å². The van der Waals surface area contributed by atoms with Crippen LogP contribution in [0.4, 0.5) is 33.3 Å². The van der Waals surface area contributed by atoms with Crippen molar-refractivity contribution in [1.82, 2.24) is 19.4 Å². The van der Waals surface area contributed by atoms with Crippen LogP contribution in [0.25, 0.3) is 0 Å². The number of halogens is 5. The van der Waals surface area contributed by atoms with Crippen molar-refractivity contribution >= 4 is 54.9 Å². The molecule has 3 saturated carbocycles. The average Bonchev–Trinajstić information content (AvgIpc) is 3.56. The Hall–Kier alpha value is -4.36. The number of piperazine rings is 2. The lowest BCUT2D eigenvalue weighted by atomic mass is 9.32. The highest BCUT2D eigenvalue weighted by atomic mass is 32.2. The first-order valence-electron chi connectivity index (χ1n) is 26.3. The summed E-state index contributed by atoms with van der Waals surface area (Å²) in [6, 6.07) is 17.4. The average molecular weight is 1140 g/mol. The molecule has 9 rings (SSSR count). The van der Waals surface area contributed by atoms with Gasteiger partial charge in [-0.2, -0.15) is 13.2 Å². The van der Waals surface area contributed by atoms with Crippen LogP contribution < -0.4 is 14.9 Å². The number of carboxylic acid groups (broad SMARTS) is 1. The van der Waals surface area contributed by atoms with Crippen molar-refractivity contribution in [2.75, 3.05) is 114 Å². The zero-order valence-electron chi connectivity index (χ0n) is 43.7. The zero-order chi connectivity index (χ0) is 55.2. The molecular formula is C54H71F5N6O9S3. The number of rotatable bonds is 26. The Labute approximate surface area is 453 Å². The second kappa shape index (κ2) is 24.6. The first-order valence-corrected chi connectivity index (χ1v) is 30.3. The van der Waals surface area contributed by atoms with Crippen LogP contribution >= 0.6 is 11.8 Å². The SMILES string of the molecule is CC1(C)CCC(CN2CCN(c3ccc(C(=O)NS(=O)(=O)c4ccc(N[C@H](CCN5CCN(CCOCCOCCC(=O)O)CC5)CSc5ccccc5)c(S(=O)(=O)C(F)(F)F)c4)cc3)CC2)=C(C23CC(C(F)F)(C2)C3)C1. The number of benzene rings is 3. The monoisotopic (exact) mass is 1140 g/mol. The van der Waals surface area contributed by atoms with Crippen LogP contribution in [0, 0.1) is 16.2 Å². The topological polar surface area (TPSA) is 178 Å². The van der Waals surface area contributed by atoms with Crippen LogP contribution in [0.15, 0.2) is 98.6 Å². The second-order valence-electron chi connectivity index (χ2n) is 22.1. The summed E-state index contributed by atoms with van der Waals surface area (Å²) in [6.07, 6.45) is 2.81. The molecule has 2 aliphatic heterocycles. The van der Waals surface area contributed by atoms with Crippen molar-refractivity contribution in [1.29, 1.82) is 0 Å². The number of ether oxygens (including phenoxy) is 2. The summed E-state index contributed by atoms with van der Waals surface area (Å²) in [5.41, 5.74) is -3.34. The smallest absolute Gasteiger partial charge is 0.481 e. The number of anilines is 2. The van der Waals surface area contributed by atoms with E-state index in [0.717, 1.165) is 74.7 Å². The number of aliphatic carboxylic acids is 1. The molecule has 2 saturated heterocycles. The molecule has 6 aliphatic rings. The number of sulfonamides is 1. The van der Waals surface area contributed by atoms with Crippen molar-refractivity contribution in [3.05, 3.63) is 89.5 Å². The Morgan fingerprint density at radius 2 is 1.42 bits per heavy atom. The Balaban J connectivity index is 0.872. The molecule has 0 aromatic heterocycles. The Bertz CT molecular complexity index is 2770. The fourth-order valence-corrected chi connectivity index (χ4v) is 14.5. The number of hydrogen-bond donors (Lipinski definition) is 3. The van der Waals surface area contributed by atoms with E-state index < -0.39 is 70.6 Å². The van der Waals surface area contributed by atoms with Crippen LogP contribution in [-0.2, 0) is 34.1 Å². The molecule has 1 atom stereocenters. The highest BCUT2D eigenvalue weighted by Crippen LogP contribution is 2.79. The number of allylic oxidation sites excluding steroid dienone is 1. The third kappa shape index (κ3) is 14.5. The van der Waals surface area contributed by atoms with Crippen molar-refractivity contribution in [3.63, 3.8) is 0 Å². The first-order chi connectivity index (χ1) is 36.5. The molecule has 15 nitrogen and oxygen atoms in total. The van der Waals surface area contributed by atoms with E-state index in [9.17, 15) is 48.4 Å². The van der Waals surface area contributed by atoms with Crippen molar-refractivity contribution < 1.29 is 63.0 Å². The predicted molar refractivity (Wildman–Crippen MR) is 285 cm³/mol. The maximum atomic E-state index is 14.4. The molecule has 4 aliphatic carbocycles. The van der Waals surface area contributed by atoms with Gasteiger partial charge in [-0.3, -0.25) is 19.4 Å². The van der Waals surface area contributed by atoms with Crippen LogP contribution in [0.2, 0.25) is 0 Å². The minimum atomic E-state index is -6.12. The maximum absolute atomic E-state index is 14.4. The minimum Gasteiger partial charge on any atom is -0.481 e. The Morgan fingerprint density at radius 1 is 0.792 bits per heavy atom. The van der Waals surface area contributed by atoms with E-state index in [1.165, 1.54) is 35.0 Å². The standard InChI is InChI=1S/C54H71F5N6O9S3/c1-51(2)17-14-40(45(33-51)52-36-53(37-52,38-52)50(55)56)34-64-23-25-65(26-24-64)42-10-8-39(9-11-42)49(68)61-77(71,72)44-12-13-46(47(32-44)76(69,70)54(57,58)59)60-41(35-75-43-6-4-3-5-7-43)15-18-62-19-21-63(22-20-62)27-29-74-31-30-73-28-16-48(66)67/h3-13,32,41,50,60H,14-31,33-38H2,1-2H3,(H,61,68)(H,66,67)/t41-,52?,53?/m1/s1. The van der Waals surface area contributed by atoms with Gasteiger partial charge in [-0.1, -0.05) is 43.2 Å². The quantitative estimate of drug-likeness (QED) is 0.0303. The number of carbonyl (C=O) groups is 2. The zero-order valence-corrected chi connectivity index (χ0v) is 46.1. The number of hydrogen-bond acceptors (Lipinski definition) is 14. The van der Waals surface area contributed by atoms with Gasteiger partial charge in [0.1, 0.15) is 4.90 Å². The number of carboxylic acids is 1. The van der Waals surface area contributed by atoms with E-state index in [2.05, 4.69) is 38.8 Å². The van der Waals surface area contributed by atoms with Gasteiger partial charge in [-0.15, -0.1) is 11.8 Å². The van der Waals surface area contributed by atoms with Gasteiger partial charge < -0.3 is 29.7 Å². The fourth-order valence-electron chi connectivity index (χ4n) is 11.5. The summed E-state index contributed by atoms with van der Waals surface area (Å²) in [6.45, 7) is 13.5. The van der Waals surface area contributed by atoms with Gasteiger partial charge in [0, 0.05) is 105 Å². The van der Waals surface area contributed by atoms with E-state index in [1.54, 1.807) is 12.1 Å². The summed E-state index contributed by atoms with van der Waals surface area (Å²) < 4.78 is 137. The van der Waals surface area contributed by atoms with E-state index in [0.29, 0.717) is 96.6 Å². The number of thioether (sulfide) groups is 1. The molecule has 3 N–H and O–H groups in total. The molecule has 3 aromatic rings. The third-order valence-electron chi connectivity index (χ3n) is 15.9. The molecule has 1 amide bonds. The number of amides is 1. The van der Waals surface area contributed by atoms with E-state index in [1.807, 2.05) is 35.1 Å². The molecule has 0 radical (unpaired) electrons. The van der Waals surface area contributed by atoms with Crippen molar-refractivity contribution in [3.8, 4) is 0 Å². The van der Waals surface area contributed by atoms with Gasteiger partial charge in [-0.05, 0) is 110 Å². The van der Waals surface area contributed by atoms with Crippen LogP contribution in [-0.4, -0.2) is 171 Å². The third-order valence-corrected chi connectivity index (χ3v) is 20.0. The number of carbonyl (C=O) groups excluding carboxylic acids is 1. The predicted octanol–water partition coefficient (Wildman–Crippen LogP) is 8.25. The molecule has 2 heterocycles. The largest absolute Gasteiger partial charge is 0.501 e. The second-order valence-corrected chi connectivity index (χ2v) is 26.7. The molecular weight excluding hydrogens is 1070 g/mol. The summed E-state index contributed by atoms with van der Waals surface area (Å²) in [4.78, 5) is 31.8. The lowest BCUT2D eigenvalue weighted by Crippen LogP contribution is -2.66. The normalized spacial score (nSPS) is 22.8. The minimum absolute atomic E-state index is 0.0395. The highest BCUT2D eigenvalue weighted by Gasteiger charge is 2.73. The van der Waals surface area contributed by atoms with Crippen molar-refractivity contribution in [2.45, 2.75) is 97.9 Å². The molecule has 77 heavy (non-hydrogen) atoms. The van der Waals surface area contributed by atoms with Gasteiger partial charge in [0.2, 0.25) is 6.43 Å². The van der Waals surface area contributed by atoms with E-state index >= 15 is 0 Å². The number of nitrogens with one attached hydrogen (secondary N) is 2. The number of sulfone groups is 1. The lowest BCUT2D eigenvalue weighted by molar-refractivity contribution is -0.250. The van der Waals surface area contributed by atoms with Crippen LogP contribution in [0.5, 0.6) is 0 Å². The maximum Gasteiger partial charge on any atom is 0.501 e. The summed E-state index contributed by atoms with van der Waals surface area (Å²) in [5, 5.41) is 11.7. The van der Waals surface area contributed by atoms with Gasteiger partial charge in [0.15, 0.2) is 0 Å². The molecule has 3 aromatic carbocycles. The Morgan fingerprint density at radius 3 is 2.04 bits per heavy atom. The molecule has 424 valence electrons. The van der Waals surface area contributed by atoms with E-state index in [4.69, 9.17) is 14.6 Å². The molecule has 5 fully saturated rings. The van der Waals surface area contributed by atoms with Gasteiger partial charge in [0.05, 0.1) is 43.4 Å². The summed E-state index contributed by atoms with van der Waals surface area (Å²) in [7, 11) is -11.0. The fraction of sp³-hybridized carbons (Fsp3) is 0.593. The summed E-state index contributed by atoms with van der Waals surface area (Å²) in [5.74, 6) is -1.66. The molecule has 0 unspecified atom stereocenters. The van der Waals surface area contributed by atoms with Crippen molar-refractivity contribution in [2.24, 2.45) is 16.2 Å². The van der Waals surface area contributed by atoms with E-state index in [-0.39, 0.29) is 29.4 Å². The highest BCUT2D eigenvalue weighted by molar-refractivity contribution is 7.99. The summed E-state index contributed by atoms with van der Waals surface area (Å²) >= 11 is 1.43. The number of alkyl halides is 5. The Kier molecular flexibility index (Phi) is 18.8. The number of nitrogens with zero attached hydrogens (tertiary/aromatic N) is 4. The van der Waals surface area contributed by atoms with Crippen LogP contribution in [0.3, 0.4) is 0 Å². The lowest BCUT2D eigenvalue weighted by Gasteiger charge is -2.72. The van der Waals surface area contributed by atoms with Crippen LogP contribution in [0.1, 0.15) is 75.6 Å². The molecule has 0 spiro atoms.